The van der Waals surface area contributed by atoms with Gasteiger partial charge in [0, 0.05) is 18.0 Å². The monoisotopic (exact) mass is 260 g/mol. The maximum Gasteiger partial charge on any atom is 0.188 e. The molecule has 0 aromatic heterocycles. The number of ether oxygens (including phenoxy) is 2. The highest BCUT2D eigenvalue weighted by Gasteiger charge is 2.29. The maximum absolute atomic E-state index is 6.06. The van der Waals surface area contributed by atoms with Crippen LogP contribution in [-0.2, 0) is 4.74 Å². The zero-order valence-electron chi connectivity index (χ0n) is 11.3. The topological polar surface area (TPSA) is 42.8 Å². The maximum atomic E-state index is 6.06. The van der Waals surface area contributed by atoms with Crippen LogP contribution in [0.4, 0.5) is 0 Å². The smallest absolute Gasteiger partial charge is 0.188 e. The van der Waals surface area contributed by atoms with Gasteiger partial charge in [-0.25, -0.2) is 0 Å². The van der Waals surface area contributed by atoms with Gasteiger partial charge in [-0.3, -0.25) is 4.99 Å². The molecule has 19 heavy (non-hydrogen) atoms. The van der Waals surface area contributed by atoms with E-state index in [0.29, 0.717) is 12.5 Å². The number of aliphatic imine (C=N–C) groups is 1. The molecule has 102 valence electrons. The predicted octanol–water partition coefficient (Wildman–Crippen LogP) is 2.16. The van der Waals surface area contributed by atoms with Crippen LogP contribution in [0, 0.1) is 5.92 Å². The third-order valence-corrected chi connectivity index (χ3v) is 3.81. The van der Waals surface area contributed by atoms with E-state index in [1.807, 2.05) is 18.2 Å². The molecule has 0 aliphatic carbocycles. The van der Waals surface area contributed by atoms with Gasteiger partial charge in [0.1, 0.15) is 11.9 Å². The third-order valence-electron chi connectivity index (χ3n) is 3.81. The number of rotatable bonds is 3. The molecule has 0 spiro atoms. The largest absolute Gasteiger partial charge is 0.496 e. The number of piperidine rings is 1. The second-order valence-corrected chi connectivity index (χ2v) is 5.07. The fraction of sp³-hybridized carbons (Fsp3) is 0.533. The van der Waals surface area contributed by atoms with Gasteiger partial charge in [0.25, 0.3) is 0 Å². The van der Waals surface area contributed by atoms with E-state index in [0.717, 1.165) is 30.3 Å². The third kappa shape index (κ3) is 2.59. The first-order chi connectivity index (χ1) is 9.38. The number of methoxy groups -OCH3 is 1. The van der Waals surface area contributed by atoms with Crippen molar-refractivity contribution in [2.75, 3.05) is 26.7 Å². The lowest BCUT2D eigenvalue weighted by Gasteiger charge is -2.23. The number of hydrogen-bond donors (Lipinski definition) is 1. The highest BCUT2D eigenvalue weighted by molar-refractivity contribution is 5.80. The Morgan fingerprint density at radius 1 is 1.37 bits per heavy atom. The zero-order chi connectivity index (χ0) is 13.1. The predicted molar refractivity (Wildman–Crippen MR) is 74.7 cm³/mol. The van der Waals surface area contributed by atoms with Gasteiger partial charge in [-0.05, 0) is 25.5 Å². The molecule has 2 aliphatic rings. The average molecular weight is 260 g/mol. The second-order valence-electron chi connectivity index (χ2n) is 5.07. The van der Waals surface area contributed by atoms with Crippen molar-refractivity contribution in [3.8, 4) is 5.75 Å². The van der Waals surface area contributed by atoms with E-state index in [4.69, 9.17) is 9.47 Å². The lowest BCUT2D eigenvalue weighted by molar-refractivity contribution is 0.204. The fourth-order valence-corrected chi connectivity index (χ4v) is 2.78. The standard InChI is InChI=1S/C15H20N2O2/c1-18-13-7-3-2-6-12(13)14-10-17-15(19-14)11-5-4-8-16-9-11/h2-3,6-7,11,14,16H,4-5,8-10H2,1H3. The summed E-state index contributed by atoms with van der Waals surface area (Å²) in [5, 5.41) is 3.40. The van der Waals surface area contributed by atoms with Gasteiger partial charge in [0.05, 0.1) is 13.7 Å². The highest BCUT2D eigenvalue weighted by atomic mass is 16.5. The van der Waals surface area contributed by atoms with Crippen LogP contribution >= 0.6 is 0 Å². The molecular weight excluding hydrogens is 240 g/mol. The molecule has 1 N–H and O–H groups in total. The molecule has 0 amide bonds. The summed E-state index contributed by atoms with van der Waals surface area (Å²) in [6, 6.07) is 8.02. The second kappa shape index (κ2) is 5.61. The van der Waals surface area contributed by atoms with E-state index in [-0.39, 0.29) is 6.10 Å². The summed E-state index contributed by atoms with van der Waals surface area (Å²) in [5.74, 6) is 2.24. The molecule has 0 bridgehead atoms. The van der Waals surface area contributed by atoms with Crippen molar-refractivity contribution in [1.29, 1.82) is 0 Å². The van der Waals surface area contributed by atoms with Crippen LogP contribution in [0.15, 0.2) is 29.3 Å². The van der Waals surface area contributed by atoms with Crippen molar-refractivity contribution >= 4 is 5.90 Å². The first-order valence-corrected chi connectivity index (χ1v) is 6.93. The van der Waals surface area contributed by atoms with E-state index in [1.54, 1.807) is 7.11 Å². The first kappa shape index (κ1) is 12.5. The molecule has 3 rings (SSSR count). The lowest BCUT2D eigenvalue weighted by atomic mass is 10.00. The molecule has 1 aromatic rings. The Balaban J connectivity index is 1.70. The van der Waals surface area contributed by atoms with Crippen molar-refractivity contribution in [1.82, 2.24) is 5.32 Å². The van der Waals surface area contributed by atoms with E-state index in [9.17, 15) is 0 Å². The van der Waals surface area contributed by atoms with Crippen LogP contribution < -0.4 is 10.1 Å². The number of benzene rings is 1. The van der Waals surface area contributed by atoms with Crippen LogP contribution in [-0.4, -0.2) is 32.6 Å². The summed E-state index contributed by atoms with van der Waals surface area (Å²) >= 11 is 0. The van der Waals surface area contributed by atoms with E-state index >= 15 is 0 Å². The summed E-state index contributed by atoms with van der Waals surface area (Å²) in [5.41, 5.74) is 1.09. The molecule has 0 radical (unpaired) electrons. The van der Waals surface area contributed by atoms with E-state index in [1.165, 1.54) is 12.8 Å². The van der Waals surface area contributed by atoms with Crippen molar-refractivity contribution in [3.63, 3.8) is 0 Å². The molecule has 2 aliphatic heterocycles. The lowest BCUT2D eigenvalue weighted by Crippen LogP contribution is -2.34. The van der Waals surface area contributed by atoms with Crippen molar-refractivity contribution in [2.24, 2.45) is 10.9 Å². The average Bonchev–Trinajstić information content (AvgIpc) is 2.98. The first-order valence-electron chi connectivity index (χ1n) is 6.93. The SMILES string of the molecule is COc1ccccc1C1CN=C(C2CCCNC2)O1. The molecular formula is C15H20N2O2. The van der Waals surface area contributed by atoms with Gasteiger partial charge < -0.3 is 14.8 Å². The van der Waals surface area contributed by atoms with Crippen LogP contribution in [0.3, 0.4) is 0 Å². The minimum absolute atomic E-state index is 0.00748. The summed E-state index contributed by atoms with van der Waals surface area (Å²) in [4.78, 5) is 4.59. The number of hydrogen-bond acceptors (Lipinski definition) is 4. The van der Waals surface area contributed by atoms with Crippen LogP contribution in [0.1, 0.15) is 24.5 Å². The summed E-state index contributed by atoms with van der Waals surface area (Å²) in [7, 11) is 1.70. The minimum atomic E-state index is 0.00748. The molecule has 2 atom stereocenters. The van der Waals surface area contributed by atoms with Crippen LogP contribution in [0.2, 0.25) is 0 Å². The van der Waals surface area contributed by atoms with Crippen LogP contribution in [0.25, 0.3) is 0 Å². The quantitative estimate of drug-likeness (QED) is 0.905. The Morgan fingerprint density at radius 3 is 3.05 bits per heavy atom. The number of nitrogens with zero attached hydrogens (tertiary/aromatic N) is 1. The van der Waals surface area contributed by atoms with Crippen LogP contribution in [0.5, 0.6) is 5.75 Å². The number of para-hydroxylation sites is 1. The van der Waals surface area contributed by atoms with Gasteiger partial charge in [-0.2, -0.15) is 0 Å². The Morgan fingerprint density at radius 2 is 2.26 bits per heavy atom. The normalized spacial score (nSPS) is 26.7. The molecule has 4 heteroatoms. The molecule has 2 heterocycles. The molecule has 4 nitrogen and oxygen atoms in total. The highest BCUT2D eigenvalue weighted by Crippen LogP contribution is 2.32. The van der Waals surface area contributed by atoms with Gasteiger partial charge in [-0.15, -0.1) is 0 Å². The van der Waals surface area contributed by atoms with Gasteiger partial charge in [-0.1, -0.05) is 18.2 Å². The summed E-state index contributed by atoms with van der Waals surface area (Å²) < 4.78 is 11.5. The van der Waals surface area contributed by atoms with Gasteiger partial charge in [0.2, 0.25) is 0 Å². The summed E-state index contributed by atoms with van der Waals surface area (Å²) in [6.07, 6.45) is 2.38. The molecule has 1 aromatic carbocycles. The Hall–Kier alpha value is -1.55. The molecule has 0 saturated carbocycles. The Kier molecular flexibility index (Phi) is 3.69. The molecule has 1 fully saturated rings. The fourth-order valence-electron chi connectivity index (χ4n) is 2.78. The Labute approximate surface area is 113 Å². The van der Waals surface area contributed by atoms with E-state index < -0.39 is 0 Å². The Bertz CT molecular complexity index is 467. The van der Waals surface area contributed by atoms with Crippen molar-refractivity contribution in [3.05, 3.63) is 29.8 Å². The molecule has 2 unspecified atom stereocenters. The van der Waals surface area contributed by atoms with Gasteiger partial charge in [0.15, 0.2) is 5.90 Å². The number of nitrogens with one attached hydrogen (secondary N) is 1. The van der Waals surface area contributed by atoms with Gasteiger partial charge >= 0.3 is 0 Å². The summed E-state index contributed by atoms with van der Waals surface area (Å²) in [6.45, 7) is 2.80. The molecule has 1 saturated heterocycles. The van der Waals surface area contributed by atoms with E-state index in [2.05, 4.69) is 16.4 Å². The van der Waals surface area contributed by atoms with Crippen molar-refractivity contribution in [2.45, 2.75) is 18.9 Å². The minimum Gasteiger partial charge on any atom is -0.496 e. The zero-order valence-corrected chi connectivity index (χ0v) is 11.3. The van der Waals surface area contributed by atoms with Crippen molar-refractivity contribution < 1.29 is 9.47 Å².